The fourth-order valence-electron chi connectivity index (χ4n) is 1.91. The topological polar surface area (TPSA) is 60.2 Å². The first-order chi connectivity index (χ1) is 5.68. The Labute approximate surface area is 80.8 Å². The van der Waals surface area contributed by atoms with Gasteiger partial charge in [0, 0.05) is 0 Å². The molecule has 3 nitrogen and oxygen atoms in total. The molecule has 0 saturated heterocycles. The van der Waals surface area contributed by atoms with Crippen LogP contribution in [0.2, 0.25) is 0 Å². The molecule has 13 heavy (non-hydrogen) atoms. The minimum Gasteiger partial charge on any atom is -0.229 e. The van der Waals surface area contributed by atoms with Crippen molar-refractivity contribution in [2.24, 2.45) is 22.4 Å². The van der Waals surface area contributed by atoms with Crippen molar-refractivity contribution in [1.82, 2.24) is 0 Å². The second kappa shape index (κ2) is 3.24. The monoisotopic (exact) mass is 205 g/mol. The van der Waals surface area contributed by atoms with Gasteiger partial charge >= 0.3 is 0 Å². The molecule has 1 aliphatic rings. The van der Waals surface area contributed by atoms with Crippen molar-refractivity contribution in [3.05, 3.63) is 0 Å². The van der Waals surface area contributed by atoms with E-state index < -0.39 is 10.0 Å². The largest absolute Gasteiger partial charge is 0.229 e. The molecule has 1 saturated carbocycles. The molecule has 0 aromatic rings. The SMILES string of the molecule is CC(C)(C)C1CC(CS(N)(=O)=O)C1. The maximum atomic E-state index is 10.8. The average Bonchev–Trinajstić information content (AvgIpc) is 1.71. The van der Waals surface area contributed by atoms with Gasteiger partial charge in [0.05, 0.1) is 5.75 Å². The Kier molecular flexibility index (Phi) is 2.74. The quantitative estimate of drug-likeness (QED) is 0.739. The zero-order chi connectivity index (χ0) is 10.3. The van der Waals surface area contributed by atoms with Gasteiger partial charge in [0.25, 0.3) is 0 Å². The average molecular weight is 205 g/mol. The molecule has 0 radical (unpaired) electrons. The van der Waals surface area contributed by atoms with E-state index in [-0.39, 0.29) is 5.75 Å². The van der Waals surface area contributed by atoms with Gasteiger partial charge in [-0.2, -0.15) is 0 Å². The predicted octanol–water partition coefficient (Wildman–Crippen LogP) is 1.35. The molecule has 0 atom stereocenters. The Morgan fingerprint density at radius 3 is 2.08 bits per heavy atom. The van der Waals surface area contributed by atoms with Crippen molar-refractivity contribution in [2.75, 3.05) is 5.75 Å². The van der Waals surface area contributed by atoms with Crippen LogP contribution in [0, 0.1) is 17.3 Å². The molecule has 1 fully saturated rings. The van der Waals surface area contributed by atoms with E-state index in [0.29, 0.717) is 17.3 Å². The standard InChI is InChI=1S/C9H19NO2S/c1-9(2,3)8-4-7(5-8)6-13(10,11)12/h7-8H,4-6H2,1-3H3,(H2,10,11,12). The van der Waals surface area contributed by atoms with Crippen LogP contribution in [0.5, 0.6) is 0 Å². The van der Waals surface area contributed by atoms with Crippen molar-refractivity contribution in [3.63, 3.8) is 0 Å². The second-order valence-corrected chi connectivity index (χ2v) is 6.89. The summed E-state index contributed by atoms with van der Waals surface area (Å²) >= 11 is 0. The molecular weight excluding hydrogens is 186 g/mol. The number of rotatable bonds is 2. The van der Waals surface area contributed by atoms with Crippen LogP contribution in [-0.2, 0) is 10.0 Å². The molecule has 0 spiro atoms. The third-order valence-corrected chi connectivity index (χ3v) is 3.86. The van der Waals surface area contributed by atoms with E-state index in [1.807, 2.05) is 0 Å². The lowest BCUT2D eigenvalue weighted by Crippen LogP contribution is -2.38. The Bertz CT molecular complexity index is 270. The molecule has 0 unspecified atom stereocenters. The third kappa shape index (κ3) is 3.27. The smallest absolute Gasteiger partial charge is 0.209 e. The molecule has 1 rings (SSSR count). The van der Waals surface area contributed by atoms with Crippen molar-refractivity contribution in [1.29, 1.82) is 0 Å². The highest BCUT2D eigenvalue weighted by Gasteiger charge is 2.38. The molecule has 0 aromatic carbocycles. The van der Waals surface area contributed by atoms with E-state index >= 15 is 0 Å². The summed E-state index contributed by atoms with van der Waals surface area (Å²) in [6.45, 7) is 6.60. The number of nitrogens with two attached hydrogens (primary N) is 1. The maximum absolute atomic E-state index is 10.8. The minimum absolute atomic E-state index is 0.166. The third-order valence-electron chi connectivity index (χ3n) is 2.93. The van der Waals surface area contributed by atoms with Gasteiger partial charge in [0.1, 0.15) is 0 Å². The van der Waals surface area contributed by atoms with Gasteiger partial charge in [-0.05, 0) is 30.1 Å². The lowest BCUT2D eigenvalue weighted by atomic mass is 9.64. The Balaban J connectivity index is 2.35. The van der Waals surface area contributed by atoms with Gasteiger partial charge in [0.2, 0.25) is 10.0 Å². The summed E-state index contributed by atoms with van der Waals surface area (Å²) in [4.78, 5) is 0. The summed E-state index contributed by atoms with van der Waals surface area (Å²) in [5, 5.41) is 4.97. The Hall–Kier alpha value is -0.0900. The molecule has 2 N–H and O–H groups in total. The van der Waals surface area contributed by atoms with E-state index in [0.717, 1.165) is 12.8 Å². The van der Waals surface area contributed by atoms with Crippen LogP contribution in [-0.4, -0.2) is 14.2 Å². The molecule has 0 heterocycles. The summed E-state index contributed by atoms with van der Waals surface area (Å²) in [6, 6.07) is 0. The zero-order valence-corrected chi connectivity index (χ0v) is 9.39. The molecule has 4 heteroatoms. The van der Waals surface area contributed by atoms with Gasteiger partial charge in [-0.1, -0.05) is 20.8 Å². The van der Waals surface area contributed by atoms with Crippen LogP contribution < -0.4 is 5.14 Å². The van der Waals surface area contributed by atoms with E-state index in [9.17, 15) is 8.42 Å². The van der Waals surface area contributed by atoms with Crippen LogP contribution >= 0.6 is 0 Å². The Morgan fingerprint density at radius 2 is 1.77 bits per heavy atom. The van der Waals surface area contributed by atoms with E-state index in [1.165, 1.54) is 0 Å². The minimum atomic E-state index is -3.25. The van der Waals surface area contributed by atoms with Gasteiger partial charge in [-0.15, -0.1) is 0 Å². The Morgan fingerprint density at radius 1 is 1.31 bits per heavy atom. The van der Waals surface area contributed by atoms with E-state index in [2.05, 4.69) is 20.8 Å². The predicted molar refractivity (Wildman–Crippen MR) is 53.6 cm³/mol. The number of hydrogen-bond acceptors (Lipinski definition) is 2. The number of hydrogen-bond donors (Lipinski definition) is 1. The van der Waals surface area contributed by atoms with Crippen molar-refractivity contribution in [2.45, 2.75) is 33.6 Å². The molecule has 0 amide bonds. The van der Waals surface area contributed by atoms with Gasteiger partial charge in [-0.25, -0.2) is 13.6 Å². The van der Waals surface area contributed by atoms with Crippen LogP contribution in [0.15, 0.2) is 0 Å². The van der Waals surface area contributed by atoms with Crippen LogP contribution in [0.1, 0.15) is 33.6 Å². The first kappa shape index (κ1) is 11.0. The first-order valence-electron chi connectivity index (χ1n) is 4.69. The normalized spacial score (nSPS) is 29.8. The lowest BCUT2D eigenvalue weighted by Gasteiger charge is -2.43. The van der Waals surface area contributed by atoms with Gasteiger partial charge in [0.15, 0.2) is 0 Å². The highest BCUT2D eigenvalue weighted by atomic mass is 32.2. The maximum Gasteiger partial charge on any atom is 0.209 e. The second-order valence-electron chi connectivity index (χ2n) is 5.23. The van der Waals surface area contributed by atoms with E-state index in [4.69, 9.17) is 5.14 Å². The van der Waals surface area contributed by atoms with Crippen molar-refractivity contribution in [3.8, 4) is 0 Å². The molecule has 0 bridgehead atoms. The number of primary sulfonamides is 1. The van der Waals surface area contributed by atoms with Crippen LogP contribution in [0.4, 0.5) is 0 Å². The number of sulfonamides is 1. The molecule has 1 aliphatic carbocycles. The highest BCUT2D eigenvalue weighted by Crippen LogP contribution is 2.45. The summed E-state index contributed by atoms with van der Waals surface area (Å²) in [5.41, 5.74) is 0.314. The van der Waals surface area contributed by atoms with Crippen molar-refractivity contribution < 1.29 is 8.42 Å². The summed E-state index contributed by atoms with van der Waals surface area (Å²) in [7, 11) is -3.25. The van der Waals surface area contributed by atoms with Crippen LogP contribution in [0.25, 0.3) is 0 Å². The molecule has 0 aromatic heterocycles. The van der Waals surface area contributed by atoms with Gasteiger partial charge in [-0.3, -0.25) is 0 Å². The fraction of sp³-hybridized carbons (Fsp3) is 1.00. The fourth-order valence-corrected chi connectivity index (χ4v) is 2.84. The molecule has 0 aliphatic heterocycles. The summed E-state index contributed by atoms with van der Waals surface area (Å²) in [6.07, 6.45) is 2.03. The summed E-state index contributed by atoms with van der Waals surface area (Å²) < 4.78 is 21.5. The zero-order valence-electron chi connectivity index (χ0n) is 8.58. The molecular formula is C9H19NO2S. The van der Waals surface area contributed by atoms with Crippen LogP contribution in [0.3, 0.4) is 0 Å². The van der Waals surface area contributed by atoms with Crippen molar-refractivity contribution >= 4 is 10.0 Å². The van der Waals surface area contributed by atoms with Gasteiger partial charge < -0.3 is 0 Å². The highest BCUT2D eigenvalue weighted by molar-refractivity contribution is 7.89. The lowest BCUT2D eigenvalue weighted by molar-refractivity contribution is 0.0879. The van der Waals surface area contributed by atoms with E-state index in [1.54, 1.807) is 0 Å². The molecule has 78 valence electrons. The summed E-state index contributed by atoms with van der Waals surface area (Å²) in [5.74, 6) is 1.14. The first-order valence-corrected chi connectivity index (χ1v) is 6.40.